The summed E-state index contributed by atoms with van der Waals surface area (Å²) >= 11 is 4.66. The largest absolute Gasteiger partial charge is 0.489 e. The molecule has 1 aromatic heterocycles. The maximum absolute atomic E-state index is 12.3. The standard InChI is InChI=1S/C25H23BrO8S/c1-4-32-19(27)14-34-21-20(26)22(35-23(21)25(29)31-3)16-8-6-10-18(12-16)33-13-15-7-5-9-17(11-15)24(28)30-2/h5-12H,4,13-14H2,1-3H3. The van der Waals surface area contributed by atoms with Crippen molar-refractivity contribution in [2.24, 2.45) is 0 Å². The highest BCUT2D eigenvalue weighted by atomic mass is 79.9. The lowest BCUT2D eigenvalue weighted by molar-refractivity contribution is -0.145. The molecule has 0 aliphatic heterocycles. The van der Waals surface area contributed by atoms with Gasteiger partial charge < -0.3 is 23.7 Å². The first-order chi connectivity index (χ1) is 16.9. The first kappa shape index (κ1) is 26.2. The molecule has 10 heteroatoms. The molecule has 0 atom stereocenters. The molecular weight excluding hydrogens is 540 g/mol. The molecule has 0 spiro atoms. The second kappa shape index (κ2) is 12.4. The molecule has 0 N–H and O–H groups in total. The lowest BCUT2D eigenvalue weighted by Crippen LogP contribution is -2.15. The zero-order valence-corrected chi connectivity index (χ0v) is 21.7. The van der Waals surface area contributed by atoms with Crippen LogP contribution in [0.25, 0.3) is 10.4 Å². The molecule has 0 saturated heterocycles. The Labute approximate surface area is 214 Å². The number of benzene rings is 2. The first-order valence-electron chi connectivity index (χ1n) is 10.5. The van der Waals surface area contributed by atoms with E-state index in [1.54, 1.807) is 31.2 Å². The molecule has 0 unspecified atom stereocenters. The minimum atomic E-state index is -0.585. The number of ether oxygens (including phenoxy) is 5. The Morgan fingerprint density at radius 2 is 1.69 bits per heavy atom. The number of esters is 3. The lowest BCUT2D eigenvalue weighted by Gasteiger charge is -2.09. The van der Waals surface area contributed by atoms with Crippen molar-refractivity contribution in [3.05, 3.63) is 69.0 Å². The van der Waals surface area contributed by atoms with E-state index in [4.69, 9.17) is 23.7 Å². The van der Waals surface area contributed by atoms with Gasteiger partial charge in [0.15, 0.2) is 17.2 Å². The van der Waals surface area contributed by atoms with E-state index in [0.717, 1.165) is 22.5 Å². The molecule has 1 heterocycles. The van der Waals surface area contributed by atoms with Crippen molar-refractivity contribution in [1.82, 2.24) is 0 Å². The Bertz CT molecular complexity index is 1220. The highest BCUT2D eigenvalue weighted by molar-refractivity contribution is 9.10. The van der Waals surface area contributed by atoms with Crippen LogP contribution in [-0.4, -0.2) is 45.3 Å². The summed E-state index contributed by atoms with van der Waals surface area (Å²) in [5.74, 6) is -0.761. The van der Waals surface area contributed by atoms with E-state index in [1.807, 2.05) is 24.3 Å². The predicted molar refractivity (Wildman–Crippen MR) is 133 cm³/mol. The normalized spacial score (nSPS) is 10.4. The van der Waals surface area contributed by atoms with Gasteiger partial charge in [-0.1, -0.05) is 24.3 Å². The molecule has 2 aromatic carbocycles. The lowest BCUT2D eigenvalue weighted by atomic mass is 10.1. The second-order valence-electron chi connectivity index (χ2n) is 7.00. The summed E-state index contributed by atoms with van der Waals surface area (Å²) in [7, 11) is 2.60. The smallest absolute Gasteiger partial charge is 0.351 e. The van der Waals surface area contributed by atoms with Crippen LogP contribution in [0.15, 0.2) is 53.0 Å². The van der Waals surface area contributed by atoms with Crippen LogP contribution in [0.4, 0.5) is 0 Å². The van der Waals surface area contributed by atoms with Crippen LogP contribution in [0.2, 0.25) is 0 Å². The van der Waals surface area contributed by atoms with E-state index in [1.165, 1.54) is 14.2 Å². The van der Waals surface area contributed by atoms with Crippen LogP contribution in [0, 0.1) is 0 Å². The summed E-state index contributed by atoms with van der Waals surface area (Å²) in [6, 6.07) is 14.3. The Morgan fingerprint density at radius 3 is 2.40 bits per heavy atom. The molecule has 0 radical (unpaired) electrons. The molecule has 35 heavy (non-hydrogen) atoms. The van der Waals surface area contributed by atoms with Crippen molar-refractivity contribution in [2.75, 3.05) is 27.4 Å². The monoisotopic (exact) mass is 562 g/mol. The van der Waals surface area contributed by atoms with E-state index in [2.05, 4.69) is 15.9 Å². The van der Waals surface area contributed by atoms with Gasteiger partial charge >= 0.3 is 17.9 Å². The van der Waals surface area contributed by atoms with Crippen molar-refractivity contribution in [2.45, 2.75) is 13.5 Å². The molecule has 0 saturated carbocycles. The van der Waals surface area contributed by atoms with Gasteiger partial charge in [-0.25, -0.2) is 14.4 Å². The SMILES string of the molecule is CCOC(=O)COc1c(C(=O)OC)sc(-c2cccc(OCc3cccc(C(=O)OC)c3)c2)c1Br. The van der Waals surface area contributed by atoms with Gasteiger partial charge in [-0.2, -0.15) is 0 Å². The maximum Gasteiger partial charge on any atom is 0.351 e. The fourth-order valence-electron chi connectivity index (χ4n) is 3.07. The summed E-state index contributed by atoms with van der Waals surface area (Å²) < 4.78 is 26.6. The Morgan fingerprint density at radius 1 is 0.943 bits per heavy atom. The molecule has 0 amide bonds. The third-order valence-electron chi connectivity index (χ3n) is 4.67. The molecule has 0 aliphatic carbocycles. The molecule has 0 bridgehead atoms. The maximum atomic E-state index is 12.3. The minimum absolute atomic E-state index is 0.204. The number of carbonyl (C=O) groups excluding carboxylic acids is 3. The van der Waals surface area contributed by atoms with E-state index < -0.39 is 17.9 Å². The van der Waals surface area contributed by atoms with Crippen molar-refractivity contribution in [3.63, 3.8) is 0 Å². The zero-order valence-electron chi connectivity index (χ0n) is 19.3. The predicted octanol–water partition coefficient (Wildman–Crippen LogP) is 5.27. The average molecular weight is 563 g/mol. The van der Waals surface area contributed by atoms with E-state index in [0.29, 0.717) is 20.7 Å². The summed E-state index contributed by atoms with van der Waals surface area (Å²) in [5, 5.41) is 0. The molecule has 3 aromatic rings. The summed E-state index contributed by atoms with van der Waals surface area (Å²) in [5.41, 5.74) is 2.01. The minimum Gasteiger partial charge on any atom is -0.489 e. The topological polar surface area (TPSA) is 97.4 Å². The highest BCUT2D eigenvalue weighted by Gasteiger charge is 2.25. The molecule has 8 nitrogen and oxygen atoms in total. The van der Waals surface area contributed by atoms with Crippen molar-refractivity contribution >= 4 is 45.2 Å². The van der Waals surface area contributed by atoms with Gasteiger partial charge in [0.05, 0.1) is 35.7 Å². The van der Waals surface area contributed by atoms with Gasteiger partial charge in [-0.3, -0.25) is 0 Å². The molecule has 0 fully saturated rings. The molecule has 0 aliphatic rings. The fourth-order valence-corrected chi connectivity index (χ4v) is 5.04. The van der Waals surface area contributed by atoms with Crippen molar-refractivity contribution in [1.29, 1.82) is 0 Å². The number of carbonyl (C=O) groups is 3. The first-order valence-corrected chi connectivity index (χ1v) is 12.1. The Balaban J connectivity index is 1.83. The van der Waals surface area contributed by atoms with Crippen LogP contribution in [-0.2, 0) is 25.6 Å². The Kier molecular flexibility index (Phi) is 9.27. The van der Waals surface area contributed by atoms with Gasteiger partial charge in [-0.15, -0.1) is 11.3 Å². The van der Waals surface area contributed by atoms with Gasteiger partial charge in [0.1, 0.15) is 12.4 Å². The number of rotatable bonds is 10. The summed E-state index contributed by atoms with van der Waals surface area (Å²) in [4.78, 5) is 36.7. The quantitative estimate of drug-likeness (QED) is 0.243. The molecular formula is C25H23BrO8S. The third-order valence-corrected chi connectivity index (χ3v) is 6.89. The Hall–Kier alpha value is -3.37. The van der Waals surface area contributed by atoms with Crippen LogP contribution < -0.4 is 9.47 Å². The van der Waals surface area contributed by atoms with Gasteiger partial charge in [0, 0.05) is 0 Å². The summed E-state index contributed by atoms with van der Waals surface area (Å²) in [6.45, 7) is 1.81. The number of halogens is 1. The molecule has 3 rings (SSSR count). The van der Waals surface area contributed by atoms with E-state index in [9.17, 15) is 14.4 Å². The summed E-state index contributed by atoms with van der Waals surface area (Å²) in [6.07, 6.45) is 0. The number of methoxy groups -OCH3 is 2. The van der Waals surface area contributed by atoms with Crippen molar-refractivity contribution in [3.8, 4) is 21.9 Å². The second-order valence-corrected chi connectivity index (χ2v) is 8.81. The van der Waals surface area contributed by atoms with E-state index in [-0.39, 0.29) is 30.4 Å². The highest BCUT2D eigenvalue weighted by Crippen LogP contribution is 2.46. The van der Waals surface area contributed by atoms with Crippen LogP contribution in [0.3, 0.4) is 0 Å². The van der Waals surface area contributed by atoms with Gasteiger partial charge in [-0.05, 0) is 58.2 Å². The van der Waals surface area contributed by atoms with Crippen LogP contribution in [0.1, 0.15) is 32.5 Å². The third kappa shape index (κ3) is 6.61. The van der Waals surface area contributed by atoms with Crippen LogP contribution in [0.5, 0.6) is 11.5 Å². The van der Waals surface area contributed by atoms with Gasteiger partial charge in [0.25, 0.3) is 0 Å². The molecule has 184 valence electrons. The number of hydrogen-bond acceptors (Lipinski definition) is 9. The fraction of sp³-hybridized carbons (Fsp3) is 0.240. The average Bonchev–Trinajstić information content (AvgIpc) is 3.21. The van der Waals surface area contributed by atoms with E-state index >= 15 is 0 Å². The van der Waals surface area contributed by atoms with Crippen LogP contribution >= 0.6 is 27.3 Å². The van der Waals surface area contributed by atoms with Gasteiger partial charge in [0.2, 0.25) is 0 Å². The zero-order chi connectivity index (χ0) is 25.4. The number of thiophene rings is 1. The number of hydrogen-bond donors (Lipinski definition) is 0. The van der Waals surface area contributed by atoms with Crippen molar-refractivity contribution < 1.29 is 38.1 Å².